The lowest BCUT2D eigenvalue weighted by Gasteiger charge is -2.65. The zero-order valence-electron chi connectivity index (χ0n) is 27.9. The minimum absolute atomic E-state index is 0.00123. The van der Waals surface area contributed by atoms with Crippen LogP contribution in [-0.2, 0) is 35.6 Å². The number of carboxylic acids is 1. The van der Waals surface area contributed by atoms with E-state index in [-0.39, 0.29) is 47.5 Å². The van der Waals surface area contributed by atoms with Crippen LogP contribution in [0.15, 0.2) is 23.8 Å². The van der Waals surface area contributed by atoms with Crippen LogP contribution >= 0.6 is 0 Å². The molecule has 11 heteroatoms. The number of carbonyl (C=O) groups is 3. The molecule has 8 atom stereocenters. The standard InChI is InChI=1S/C35H44O11/c1-15(2)19(36)13-18-24(37)21-25(38)22-28(42-9)33(43-10)14-20-32(7,8)46-34(30(33)41,12-11-16(3)29(39)40)35(20,22)45-27(21)23-26(18)44-17(4)31(23,5)6/h11,17,19-20,22,28,36-37H,1,12-14H2,2-10H3,(H,39,40)/b16-11-/t17-,19?,20-,22+,28+,33+,34-,35-/m1/s1. The molecule has 46 heavy (non-hydrogen) atoms. The lowest BCUT2D eigenvalue weighted by Crippen LogP contribution is -2.86. The number of carboxylic acid groups (broad SMARTS) is 1. The minimum Gasteiger partial charge on any atom is -0.507 e. The molecule has 1 aromatic rings. The van der Waals surface area contributed by atoms with E-state index in [0.29, 0.717) is 16.9 Å². The van der Waals surface area contributed by atoms with Crippen molar-refractivity contribution in [3.05, 3.63) is 40.5 Å². The Morgan fingerprint density at radius 3 is 2.37 bits per heavy atom. The summed E-state index contributed by atoms with van der Waals surface area (Å²) >= 11 is 0. The molecule has 0 amide bonds. The summed E-state index contributed by atoms with van der Waals surface area (Å²) in [4.78, 5) is 42.0. The monoisotopic (exact) mass is 640 g/mol. The predicted octanol–water partition coefficient (Wildman–Crippen LogP) is 3.83. The lowest BCUT2D eigenvalue weighted by atomic mass is 9.44. The van der Waals surface area contributed by atoms with Crippen molar-refractivity contribution in [1.82, 2.24) is 0 Å². The van der Waals surface area contributed by atoms with E-state index in [2.05, 4.69) is 6.58 Å². The maximum Gasteiger partial charge on any atom is 0.330 e. The molecule has 4 fully saturated rings. The van der Waals surface area contributed by atoms with Gasteiger partial charge in [0.15, 0.2) is 22.6 Å². The van der Waals surface area contributed by atoms with E-state index in [1.165, 1.54) is 27.2 Å². The van der Waals surface area contributed by atoms with Gasteiger partial charge in [-0.1, -0.05) is 32.1 Å². The normalized spacial score (nSPS) is 36.8. The number of aliphatic carboxylic acids is 1. The number of fused-ring (bicyclic) bond motifs is 3. The summed E-state index contributed by atoms with van der Waals surface area (Å²) in [6.45, 7) is 16.4. The molecule has 1 unspecified atom stereocenters. The molecular formula is C35H44O11. The molecular weight excluding hydrogens is 596 g/mol. The van der Waals surface area contributed by atoms with E-state index >= 15 is 4.79 Å². The van der Waals surface area contributed by atoms with Crippen LogP contribution in [-0.4, -0.2) is 87.8 Å². The van der Waals surface area contributed by atoms with E-state index in [9.17, 15) is 24.9 Å². The highest BCUT2D eigenvalue weighted by Gasteiger charge is 2.90. The summed E-state index contributed by atoms with van der Waals surface area (Å²) in [5.74, 6) is -3.90. The van der Waals surface area contributed by atoms with E-state index in [4.69, 9.17) is 23.7 Å². The highest BCUT2D eigenvalue weighted by atomic mass is 16.6. The third-order valence-corrected chi connectivity index (χ3v) is 11.8. The molecule has 6 aliphatic rings. The Morgan fingerprint density at radius 2 is 1.80 bits per heavy atom. The summed E-state index contributed by atoms with van der Waals surface area (Å²) in [5, 5.41) is 32.5. The molecule has 7 rings (SSSR count). The second-order valence-electron chi connectivity index (χ2n) is 14.8. The number of aliphatic hydroxyl groups is 1. The Labute approximate surface area is 268 Å². The predicted molar refractivity (Wildman–Crippen MR) is 164 cm³/mol. The Kier molecular flexibility index (Phi) is 7.02. The van der Waals surface area contributed by atoms with Crippen LogP contribution in [0, 0.1) is 11.8 Å². The third-order valence-electron chi connectivity index (χ3n) is 11.8. The van der Waals surface area contributed by atoms with Gasteiger partial charge in [-0.2, -0.15) is 0 Å². The zero-order chi connectivity index (χ0) is 34.1. The largest absolute Gasteiger partial charge is 0.507 e. The Balaban J connectivity index is 1.71. The number of phenolic OH excluding ortho intramolecular Hbond substituents is 1. The maximum absolute atomic E-state index is 15.2. The van der Waals surface area contributed by atoms with Gasteiger partial charge < -0.3 is 39.0 Å². The van der Waals surface area contributed by atoms with Crippen LogP contribution in [0.4, 0.5) is 0 Å². The second kappa shape index (κ2) is 9.88. The molecule has 3 saturated carbocycles. The number of phenols is 1. The first kappa shape index (κ1) is 32.7. The van der Waals surface area contributed by atoms with Crippen LogP contribution in [0.5, 0.6) is 17.2 Å². The third kappa shape index (κ3) is 3.65. The van der Waals surface area contributed by atoms with Crippen molar-refractivity contribution < 1.29 is 53.4 Å². The first-order chi connectivity index (χ1) is 21.3. The number of methoxy groups -OCH3 is 2. The van der Waals surface area contributed by atoms with E-state index in [1.54, 1.807) is 6.92 Å². The highest BCUT2D eigenvalue weighted by Crippen LogP contribution is 2.72. The molecule has 1 aromatic carbocycles. The Bertz CT molecular complexity index is 1620. The number of benzene rings is 1. The van der Waals surface area contributed by atoms with Gasteiger partial charge in [0.2, 0.25) is 5.78 Å². The molecule has 3 N–H and O–H groups in total. The fraction of sp³-hybridized carbons (Fsp3) is 0.629. The number of ketones is 2. The quantitative estimate of drug-likeness (QED) is 0.280. The number of hydrogen-bond acceptors (Lipinski definition) is 10. The van der Waals surface area contributed by atoms with Crippen LogP contribution in [0.3, 0.4) is 0 Å². The van der Waals surface area contributed by atoms with Gasteiger partial charge in [0, 0.05) is 55.1 Å². The van der Waals surface area contributed by atoms with Gasteiger partial charge in [0.1, 0.15) is 35.0 Å². The molecule has 250 valence electrons. The minimum atomic E-state index is -1.84. The van der Waals surface area contributed by atoms with E-state index in [0.717, 1.165) is 0 Å². The van der Waals surface area contributed by atoms with E-state index < -0.39 is 75.5 Å². The SMILES string of the molecule is C=C(C)C(O)Cc1c(O)c2c(c3c1O[C@H](C)C3(C)C)O[C@@]13[C@@H]4C[C@@](OC)(C(=O)[C@@]1(C/C=C(/C)C(=O)O)OC4(C)C)[C@@H](OC)[C@@H]3C2=O. The van der Waals surface area contributed by atoms with Crippen molar-refractivity contribution >= 4 is 17.5 Å². The fourth-order valence-corrected chi connectivity index (χ4v) is 9.01. The molecule has 0 radical (unpaired) electrons. The molecule has 11 nitrogen and oxygen atoms in total. The number of Topliss-reactive ketones (excluding diaryl/α,β-unsaturated/α-hetero) is 2. The topological polar surface area (TPSA) is 158 Å². The first-order valence-electron chi connectivity index (χ1n) is 15.7. The van der Waals surface area contributed by atoms with Crippen molar-refractivity contribution in [1.29, 1.82) is 0 Å². The van der Waals surface area contributed by atoms with Gasteiger partial charge in [-0.25, -0.2) is 4.79 Å². The van der Waals surface area contributed by atoms with Crippen molar-refractivity contribution in [3.63, 3.8) is 0 Å². The Morgan fingerprint density at radius 1 is 1.15 bits per heavy atom. The molecule has 3 heterocycles. The number of ether oxygens (including phenoxy) is 5. The summed E-state index contributed by atoms with van der Waals surface area (Å²) in [6, 6.07) is 0. The summed E-state index contributed by atoms with van der Waals surface area (Å²) in [6.07, 6.45) is -1.24. The van der Waals surface area contributed by atoms with Crippen LogP contribution in [0.1, 0.15) is 82.8 Å². The zero-order valence-corrected chi connectivity index (χ0v) is 27.9. The highest BCUT2D eigenvalue weighted by molar-refractivity contribution is 6.11. The first-order valence-corrected chi connectivity index (χ1v) is 15.7. The molecule has 0 aromatic heterocycles. The van der Waals surface area contributed by atoms with Gasteiger partial charge in [-0.15, -0.1) is 0 Å². The number of carbonyl (C=O) groups excluding carboxylic acids is 2. The van der Waals surface area contributed by atoms with Crippen LogP contribution in [0.2, 0.25) is 0 Å². The van der Waals surface area contributed by atoms with Gasteiger partial charge in [-0.05, 0) is 41.0 Å². The number of aliphatic hydroxyl groups excluding tert-OH is 1. The average Bonchev–Trinajstić information content (AvgIpc) is 3.30. The molecule has 3 aliphatic heterocycles. The van der Waals surface area contributed by atoms with Crippen LogP contribution < -0.4 is 9.47 Å². The van der Waals surface area contributed by atoms with Gasteiger partial charge in [-0.3, -0.25) is 9.59 Å². The van der Waals surface area contributed by atoms with Gasteiger partial charge in [0.05, 0.1) is 17.6 Å². The van der Waals surface area contributed by atoms with Crippen LogP contribution in [0.25, 0.3) is 0 Å². The number of aromatic hydroxyl groups is 1. The summed E-state index contributed by atoms with van der Waals surface area (Å²) in [7, 11) is 2.80. The molecule has 4 bridgehead atoms. The molecule has 3 aliphatic carbocycles. The maximum atomic E-state index is 15.2. The summed E-state index contributed by atoms with van der Waals surface area (Å²) < 4.78 is 32.4. The molecule has 1 spiro atoms. The van der Waals surface area contributed by atoms with Gasteiger partial charge >= 0.3 is 5.97 Å². The number of rotatable bonds is 8. The fourth-order valence-electron chi connectivity index (χ4n) is 9.01. The number of hydrogen-bond donors (Lipinski definition) is 3. The average molecular weight is 641 g/mol. The van der Waals surface area contributed by atoms with Crippen molar-refractivity contribution in [3.8, 4) is 17.2 Å². The second-order valence-corrected chi connectivity index (χ2v) is 14.8. The van der Waals surface area contributed by atoms with Crippen molar-refractivity contribution in [2.75, 3.05) is 14.2 Å². The lowest BCUT2D eigenvalue weighted by molar-refractivity contribution is -0.267. The van der Waals surface area contributed by atoms with Crippen molar-refractivity contribution in [2.24, 2.45) is 11.8 Å². The van der Waals surface area contributed by atoms with Gasteiger partial charge in [0.25, 0.3) is 0 Å². The smallest absolute Gasteiger partial charge is 0.330 e. The van der Waals surface area contributed by atoms with E-state index in [1.807, 2.05) is 34.6 Å². The molecule has 1 saturated heterocycles. The Hall–Kier alpha value is -3.25. The summed E-state index contributed by atoms with van der Waals surface area (Å²) in [5.41, 5.74) is -5.68. The van der Waals surface area contributed by atoms with Crippen molar-refractivity contribution in [2.45, 2.75) is 114 Å².